The van der Waals surface area contributed by atoms with Gasteiger partial charge in [-0.05, 0) is 13.3 Å². The van der Waals surface area contributed by atoms with E-state index in [4.69, 9.17) is 5.11 Å². The molecule has 6 nitrogen and oxygen atoms in total. The van der Waals surface area contributed by atoms with Gasteiger partial charge in [-0.3, -0.25) is 4.79 Å². The van der Waals surface area contributed by atoms with E-state index >= 15 is 0 Å². The third-order valence-corrected chi connectivity index (χ3v) is 2.58. The lowest BCUT2D eigenvalue weighted by molar-refractivity contribution is -0.124. The number of unbranched alkanes of at least 4 members (excludes halogenated alkanes) is 2. The number of hydrogen-bond acceptors (Lipinski definition) is 4. The minimum absolute atomic E-state index is 0.0736. The summed E-state index contributed by atoms with van der Waals surface area (Å²) in [6.45, 7) is 4.41. The number of nitrogens with zero attached hydrogens (tertiary/aromatic N) is 3. The molecule has 1 aromatic rings. The standard InChI is InChI=1S/C11H20N4O2/c1-3-4-5-6-12-11(17)9(2)15-7-10(8-16)13-14-15/h7,9,16H,3-6,8H2,1-2H3,(H,12,17). The summed E-state index contributed by atoms with van der Waals surface area (Å²) < 4.78 is 1.46. The van der Waals surface area contributed by atoms with Crippen LogP contribution in [0.5, 0.6) is 0 Å². The molecule has 0 bridgehead atoms. The number of aliphatic hydroxyl groups excluding tert-OH is 1. The molecule has 1 aromatic heterocycles. The first-order valence-electron chi connectivity index (χ1n) is 5.98. The molecule has 1 atom stereocenters. The minimum Gasteiger partial charge on any atom is -0.390 e. The highest BCUT2D eigenvalue weighted by molar-refractivity contribution is 5.79. The van der Waals surface area contributed by atoms with Crippen LogP contribution in [0.15, 0.2) is 6.20 Å². The van der Waals surface area contributed by atoms with E-state index in [1.165, 1.54) is 4.68 Å². The highest BCUT2D eigenvalue weighted by atomic mass is 16.3. The number of aliphatic hydroxyl groups is 1. The molecule has 0 radical (unpaired) electrons. The lowest BCUT2D eigenvalue weighted by Crippen LogP contribution is -2.32. The van der Waals surface area contributed by atoms with Crippen LogP contribution in [0, 0.1) is 0 Å². The van der Waals surface area contributed by atoms with Gasteiger partial charge in [-0.1, -0.05) is 25.0 Å². The van der Waals surface area contributed by atoms with Gasteiger partial charge in [0.2, 0.25) is 5.91 Å². The Labute approximate surface area is 101 Å². The number of aromatic nitrogens is 3. The van der Waals surface area contributed by atoms with Gasteiger partial charge in [0.1, 0.15) is 11.7 Å². The van der Waals surface area contributed by atoms with E-state index in [9.17, 15) is 4.79 Å². The van der Waals surface area contributed by atoms with Gasteiger partial charge >= 0.3 is 0 Å². The van der Waals surface area contributed by atoms with Crippen LogP contribution in [-0.2, 0) is 11.4 Å². The van der Waals surface area contributed by atoms with Crippen LogP contribution in [0.3, 0.4) is 0 Å². The van der Waals surface area contributed by atoms with Gasteiger partial charge < -0.3 is 10.4 Å². The van der Waals surface area contributed by atoms with Crippen LogP contribution in [0.4, 0.5) is 0 Å². The summed E-state index contributed by atoms with van der Waals surface area (Å²) in [5.41, 5.74) is 0.468. The van der Waals surface area contributed by atoms with Gasteiger partial charge in [0, 0.05) is 6.54 Å². The third kappa shape index (κ3) is 4.14. The van der Waals surface area contributed by atoms with Crippen LogP contribution in [0.25, 0.3) is 0 Å². The third-order valence-electron chi connectivity index (χ3n) is 2.58. The largest absolute Gasteiger partial charge is 0.390 e. The number of amides is 1. The molecule has 0 spiro atoms. The molecule has 2 N–H and O–H groups in total. The molecule has 0 aliphatic carbocycles. The molecule has 0 saturated heterocycles. The Hall–Kier alpha value is -1.43. The van der Waals surface area contributed by atoms with Crippen molar-refractivity contribution in [3.63, 3.8) is 0 Å². The van der Waals surface area contributed by atoms with Crippen LogP contribution in [-0.4, -0.2) is 32.6 Å². The first-order valence-corrected chi connectivity index (χ1v) is 5.98. The molecule has 1 amide bonds. The Balaban J connectivity index is 2.40. The Morgan fingerprint density at radius 2 is 2.35 bits per heavy atom. The average molecular weight is 240 g/mol. The quantitative estimate of drug-likeness (QED) is 0.685. The van der Waals surface area contributed by atoms with Gasteiger partial charge in [-0.15, -0.1) is 5.10 Å². The SMILES string of the molecule is CCCCCNC(=O)C(C)n1cc(CO)nn1. The lowest BCUT2D eigenvalue weighted by Gasteiger charge is -2.11. The van der Waals surface area contributed by atoms with Crippen molar-refractivity contribution >= 4 is 5.91 Å². The first kappa shape index (κ1) is 13.6. The van der Waals surface area contributed by atoms with Crippen LogP contribution in [0.2, 0.25) is 0 Å². The van der Waals surface area contributed by atoms with Gasteiger partial charge in [-0.25, -0.2) is 4.68 Å². The number of carbonyl (C=O) groups is 1. The summed E-state index contributed by atoms with van der Waals surface area (Å²) in [5, 5.41) is 19.2. The number of rotatable bonds is 7. The van der Waals surface area contributed by atoms with E-state index in [2.05, 4.69) is 22.6 Å². The Morgan fingerprint density at radius 1 is 1.59 bits per heavy atom. The Bertz CT molecular complexity index is 351. The van der Waals surface area contributed by atoms with Crippen molar-refractivity contribution in [1.82, 2.24) is 20.3 Å². The predicted molar refractivity (Wildman–Crippen MR) is 63.2 cm³/mol. The normalized spacial score (nSPS) is 12.4. The fourth-order valence-electron chi connectivity index (χ4n) is 1.43. The summed E-state index contributed by atoms with van der Waals surface area (Å²) >= 11 is 0. The molecule has 96 valence electrons. The predicted octanol–water partition coefficient (Wildman–Crippen LogP) is 0.638. The maximum absolute atomic E-state index is 11.7. The molecule has 17 heavy (non-hydrogen) atoms. The van der Waals surface area contributed by atoms with Crippen molar-refractivity contribution in [3.8, 4) is 0 Å². The van der Waals surface area contributed by atoms with Gasteiger partial charge in [0.25, 0.3) is 0 Å². The fraction of sp³-hybridized carbons (Fsp3) is 0.727. The van der Waals surface area contributed by atoms with E-state index in [1.54, 1.807) is 13.1 Å². The monoisotopic (exact) mass is 240 g/mol. The zero-order valence-electron chi connectivity index (χ0n) is 10.4. The Morgan fingerprint density at radius 3 is 2.94 bits per heavy atom. The summed E-state index contributed by atoms with van der Waals surface area (Å²) in [6, 6.07) is -0.399. The fourth-order valence-corrected chi connectivity index (χ4v) is 1.43. The van der Waals surface area contributed by atoms with Crippen molar-refractivity contribution in [2.45, 2.75) is 45.8 Å². The van der Waals surface area contributed by atoms with Crippen LogP contribution in [0.1, 0.15) is 44.8 Å². The zero-order valence-corrected chi connectivity index (χ0v) is 10.4. The van der Waals surface area contributed by atoms with Gasteiger partial charge in [0.05, 0.1) is 12.8 Å². The van der Waals surface area contributed by atoms with Gasteiger partial charge in [-0.2, -0.15) is 0 Å². The lowest BCUT2D eigenvalue weighted by atomic mass is 10.2. The second-order valence-electron chi connectivity index (χ2n) is 4.02. The molecule has 0 saturated carbocycles. The summed E-state index contributed by atoms with van der Waals surface area (Å²) in [7, 11) is 0. The highest BCUT2D eigenvalue weighted by Crippen LogP contribution is 2.04. The molecular formula is C11H20N4O2. The minimum atomic E-state index is -0.399. The summed E-state index contributed by atoms with van der Waals surface area (Å²) in [5.74, 6) is -0.0736. The molecule has 1 unspecified atom stereocenters. The molecule has 6 heteroatoms. The summed E-state index contributed by atoms with van der Waals surface area (Å²) in [6.07, 6.45) is 4.82. The molecule has 0 aromatic carbocycles. The van der Waals surface area contributed by atoms with E-state index < -0.39 is 6.04 Å². The second kappa shape index (κ2) is 7.01. The number of carbonyl (C=O) groups excluding carboxylic acids is 1. The van der Waals surface area contributed by atoms with E-state index in [0.29, 0.717) is 12.2 Å². The maximum atomic E-state index is 11.7. The molecule has 0 fully saturated rings. The first-order chi connectivity index (χ1) is 8.19. The maximum Gasteiger partial charge on any atom is 0.244 e. The van der Waals surface area contributed by atoms with E-state index in [0.717, 1.165) is 19.3 Å². The van der Waals surface area contributed by atoms with Crippen molar-refractivity contribution in [2.75, 3.05) is 6.54 Å². The molecule has 0 aliphatic heterocycles. The number of nitrogens with one attached hydrogen (secondary N) is 1. The van der Waals surface area contributed by atoms with Crippen LogP contribution >= 0.6 is 0 Å². The average Bonchev–Trinajstić information content (AvgIpc) is 2.82. The summed E-state index contributed by atoms with van der Waals surface area (Å²) in [4.78, 5) is 11.7. The highest BCUT2D eigenvalue weighted by Gasteiger charge is 2.15. The van der Waals surface area contributed by atoms with E-state index in [-0.39, 0.29) is 12.5 Å². The van der Waals surface area contributed by atoms with Gasteiger partial charge in [0.15, 0.2) is 0 Å². The van der Waals surface area contributed by atoms with Crippen molar-refractivity contribution < 1.29 is 9.90 Å². The number of hydrogen-bond donors (Lipinski definition) is 2. The van der Waals surface area contributed by atoms with Crippen molar-refractivity contribution in [2.24, 2.45) is 0 Å². The smallest absolute Gasteiger partial charge is 0.244 e. The molecule has 1 rings (SSSR count). The molecule has 1 heterocycles. The zero-order chi connectivity index (χ0) is 12.7. The van der Waals surface area contributed by atoms with Crippen LogP contribution < -0.4 is 5.32 Å². The topological polar surface area (TPSA) is 80.0 Å². The van der Waals surface area contributed by atoms with Crippen molar-refractivity contribution in [1.29, 1.82) is 0 Å². The second-order valence-corrected chi connectivity index (χ2v) is 4.02. The Kier molecular flexibility index (Phi) is 5.62. The molecular weight excluding hydrogens is 220 g/mol. The molecule has 0 aliphatic rings. The van der Waals surface area contributed by atoms with E-state index in [1.807, 2.05) is 0 Å². The van der Waals surface area contributed by atoms with Crippen molar-refractivity contribution in [3.05, 3.63) is 11.9 Å².